The van der Waals surface area contributed by atoms with Gasteiger partial charge in [-0.25, -0.2) is 0 Å². The number of carbonyl (C=O) groups excluding carboxylic acids is 1. The van der Waals surface area contributed by atoms with Gasteiger partial charge in [-0.05, 0) is 43.9 Å². The molecule has 1 aliphatic rings. The van der Waals surface area contributed by atoms with Crippen molar-refractivity contribution >= 4 is 5.78 Å². The van der Waals surface area contributed by atoms with Gasteiger partial charge in [-0.1, -0.05) is 31.7 Å². The molecule has 0 amide bonds. The summed E-state index contributed by atoms with van der Waals surface area (Å²) in [6.07, 6.45) is 6.07. The first-order valence-electron chi connectivity index (χ1n) is 7.80. The largest absolute Gasteiger partial charge is 0.496 e. The van der Waals surface area contributed by atoms with Crippen molar-refractivity contribution in [1.82, 2.24) is 0 Å². The molecular formula is C18H26O3. The fourth-order valence-corrected chi connectivity index (χ4v) is 3.30. The van der Waals surface area contributed by atoms with E-state index in [-0.39, 0.29) is 5.78 Å². The summed E-state index contributed by atoms with van der Waals surface area (Å²) < 4.78 is 11.3. The highest BCUT2D eigenvalue weighted by Crippen LogP contribution is 2.36. The lowest BCUT2D eigenvalue weighted by atomic mass is 9.84. The van der Waals surface area contributed by atoms with Gasteiger partial charge in [0.2, 0.25) is 0 Å². The normalized spacial score (nSPS) is 18.1. The second-order valence-electron chi connectivity index (χ2n) is 6.03. The number of aryl methyl sites for hydroxylation is 1. The van der Waals surface area contributed by atoms with Gasteiger partial charge < -0.3 is 9.47 Å². The molecule has 0 atom stereocenters. The third kappa shape index (κ3) is 2.98. The Labute approximate surface area is 127 Å². The summed E-state index contributed by atoms with van der Waals surface area (Å²) in [5, 5.41) is 0. The van der Waals surface area contributed by atoms with E-state index >= 15 is 0 Å². The van der Waals surface area contributed by atoms with Gasteiger partial charge in [0.1, 0.15) is 11.4 Å². The topological polar surface area (TPSA) is 35.5 Å². The number of methoxy groups -OCH3 is 2. The van der Waals surface area contributed by atoms with Crippen LogP contribution in [-0.4, -0.2) is 25.6 Å². The first kappa shape index (κ1) is 16.0. The smallest absolute Gasteiger partial charge is 0.198 e. The molecule has 21 heavy (non-hydrogen) atoms. The third-order valence-corrected chi connectivity index (χ3v) is 4.84. The number of benzene rings is 1. The van der Waals surface area contributed by atoms with Crippen LogP contribution in [-0.2, 0) is 4.74 Å². The second kappa shape index (κ2) is 6.61. The zero-order chi connectivity index (χ0) is 15.5. The van der Waals surface area contributed by atoms with Crippen molar-refractivity contribution in [3.05, 3.63) is 28.8 Å². The van der Waals surface area contributed by atoms with Crippen molar-refractivity contribution in [2.24, 2.45) is 0 Å². The Kier molecular flexibility index (Phi) is 5.04. The molecule has 0 bridgehead atoms. The van der Waals surface area contributed by atoms with Crippen LogP contribution in [0.3, 0.4) is 0 Å². The zero-order valence-corrected chi connectivity index (χ0v) is 13.6. The molecule has 3 nitrogen and oxygen atoms in total. The molecule has 0 spiro atoms. The minimum atomic E-state index is -0.675. The summed E-state index contributed by atoms with van der Waals surface area (Å²) in [5.74, 6) is 0.771. The molecule has 1 fully saturated rings. The van der Waals surface area contributed by atoms with Crippen LogP contribution in [0, 0.1) is 13.8 Å². The monoisotopic (exact) mass is 290 g/mol. The predicted octanol–water partition coefficient (Wildman–Crippen LogP) is 4.23. The van der Waals surface area contributed by atoms with E-state index in [2.05, 4.69) is 0 Å². The molecule has 0 unspecified atom stereocenters. The molecule has 0 aliphatic heterocycles. The average Bonchev–Trinajstić information content (AvgIpc) is 2.75. The summed E-state index contributed by atoms with van der Waals surface area (Å²) in [6.45, 7) is 4.03. The van der Waals surface area contributed by atoms with Crippen molar-refractivity contribution in [3.8, 4) is 5.75 Å². The summed E-state index contributed by atoms with van der Waals surface area (Å²) in [7, 11) is 3.29. The summed E-state index contributed by atoms with van der Waals surface area (Å²) in [6, 6.07) is 3.88. The molecule has 0 heterocycles. The van der Waals surface area contributed by atoms with Crippen molar-refractivity contribution in [1.29, 1.82) is 0 Å². The van der Waals surface area contributed by atoms with Gasteiger partial charge >= 0.3 is 0 Å². The van der Waals surface area contributed by atoms with E-state index in [0.29, 0.717) is 11.3 Å². The lowest BCUT2D eigenvalue weighted by Gasteiger charge is -2.30. The van der Waals surface area contributed by atoms with Crippen LogP contribution in [0.5, 0.6) is 5.75 Å². The maximum atomic E-state index is 13.1. The van der Waals surface area contributed by atoms with Crippen LogP contribution in [0.15, 0.2) is 12.1 Å². The van der Waals surface area contributed by atoms with Gasteiger partial charge in [-0.3, -0.25) is 4.79 Å². The van der Waals surface area contributed by atoms with Gasteiger partial charge in [-0.15, -0.1) is 0 Å². The molecule has 1 aromatic carbocycles. The minimum absolute atomic E-state index is 0.0758. The Morgan fingerprint density at radius 1 is 1.05 bits per heavy atom. The maximum absolute atomic E-state index is 13.1. The van der Waals surface area contributed by atoms with E-state index in [1.807, 2.05) is 26.0 Å². The third-order valence-electron chi connectivity index (χ3n) is 4.84. The van der Waals surface area contributed by atoms with Crippen LogP contribution >= 0.6 is 0 Å². The molecule has 2 rings (SSSR count). The number of ketones is 1. The SMILES string of the molecule is COc1c(C(=O)C2(OC)CCCCCC2)ccc(C)c1C. The van der Waals surface area contributed by atoms with Gasteiger partial charge in [0.25, 0.3) is 0 Å². The number of hydrogen-bond donors (Lipinski definition) is 0. The first-order valence-corrected chi connectivity index (χ1v) is 7.80. The predicted molar refractivity (Wildman–Crippen MR) is 84.2 cm³/mol. The minimum Gasteiger partial charge on any atom is -0.496 e. The van der Waals surface area contributed by atoms with E-state index in [9.17, 15) is 4.79 Å². The molecule has 1 saturated carbocycles. The fourth-order valence-electron chi connectivity index (χ4n) is 3.30. The number of hydrogen-bond acceptors (Lipinski definition) is 3. The van der Waals surface area contributed by atoms with E-state index in [1.165, 1.54) is 12.8 Å². The molecule has 3 heteroatoms. The van der Waals surface area contributed by atoms with Crippen molar-refractivity contribution < 1.29 is 14.3 Å². The van der Waals surface area contributed by atoms with Crippen LogP contribution in [0.2, 0.25) is 0 Å². The Morgan fingerprint density at radius 3 is 2.19 bits per heavy atom. The molecule has 0 saturated heterocycles. The summed E-state index contributed by atoms with van der Waals surface area (Å²) in [5.41, 5.74) is 2.15. The second-order valence-corrected chi connectivity index (χ2v) is 6.03. The quantitative estimate of drug-likeness (QED) is 0.615. The lowest BCUT2D eigenvalue weighted by molar-refractivity contribution is -0.00712. The van der Waals surface area contributed by atoms with Crippen LogP contribution in [0.4, 0.5) is 0 Å². The van der Waals surface area contributed by atoms with Crippen LogP contribution in [0.1, 0.15) is 60.0 Å². The zero-order valence-electron chi connectivity index (χ0n) is 13.6. The Hall–Kier alpha value is -1.35. The highest BCUT2D eigenvalue weighted by atomic mass is 16.5. The highest BCUT2D eigenvalue weighted by Gasteiger charge is 2.40. The van der Waals surface area contributed by atoms with Crippen molar-refractivity contribution in [3.63, 3.8) is 0 Å². The highest BCUT2D eigenvalue weighted by molar-refractivity contribution is 6.05. The maximum Gasteiger partial charge on any atom is 0.198 e. The van der Waals surface area contributed by atoms with Crippen molar-refractivity contribution in [2.45, 2.75) is 58.0 Å². The molecule has 1 aromatic rings. The number of rotatable bonds is 4. The average molecular weight is 290 g/mol. The van der Waals surface area contributed by atoms with Crippen molar-refractivity contribution in [2.75, 3.05) is 14.2 Å². The lowest BCUT2D eigenvalue weighted by Crippen LogP contribution is -2.40. The van der Waals surface area contributed by atoms with E-state index in [1.54, 1.807) is 14.2 Å². The summed E-state index contributed by atoms with van der Waals surface area (Å²) in [4.78, 5) is 13.1. The van der Waals surface area contributed by atoms with Crippen LogP contribution in [0.25, 0.3) is 0 Å². The summed E-state index contributed by atoms with van der Waals surface area (Å²) >= 11 is 0. The van der Waals surface area contributed by atoms with E-state index in [0.717, 1.165) is 36.8 Å². The molecule has 0 N–H and O–H groups in total. The number of ether oxygens (including phenoxy) is 2. The molecule has 1 aliphatic carbocycles. The molecule has 0 radical (unpaired) electrons. The van der Waals surface area contributed by atoms with Gasteiger partial charge in [0.15, 0.2) is 5.78 Å². The van der Waals surface area contributed by atoms with E-state index in [4.69, 9.17) is 9.47 Å². The Morgan fingerprint density at radius 2 is 1.67 bits per heavy atom. The van der Waals surface area contributed by atoms with Gasteiger partial charge in [0.05, 0.1) is 12.7 Å². The van der Waals surface area contributed by atoms with Gasteiger partial charge in [-0.2, -0.15) is 0 Å². The molecule has 0 aromatic heterocycles. The molecule has 116 valence electrons. The first-order chi connectivity index (χ1) is 10.1. The molecular weight excluding hydrogens is 264 g/mol. The van der Waals surface area contributed by atoms with Crippen LogP contribution < -0.4 is 4.74 Å². The Balaban J connectivity index is 2.44. The van der Waals surface area contributed by atoms with Gasteiger partial charge in [0, 0.05) is 7.11 Å². The number of Topliss-reactive ketones (excluding diaryl/α,β-unsaturated/α-hetero) is 1. The van der Waals surface area contributed by atoms with E-state index < -0.39 is 5.60 Å². The fraction of sp³-hybridized carbons (Fsp3) is 0.611. The Bertz CT molecular complexity index is 511. The number of carbonyl (C=O) groups is 1. The standard InChI is InChI=1S/C18H26O3/c1-13-9-10-15(16(20-3)14(13)2)17(19)18(21-4)11-7-5-6-8-12-18/h9-10H,5-8,11-12H2,1-4H3.